The lowest BCUT2D eigenvalue weighted by atomic mass is 10.1. The predicted molar refractivity (Wildman–Crippen MR) is 74.0 cm³/mol. The van der Waals surface area contributed by atoms with Crippen LogP contribution in [0.4, 0.5) is 0 Å². The van der Waals surface area contributed by atoms with E-state index in [1.54, 1.807) is 6.92 Å². The summed E-state index contributed by atoms with van der Waals surface area (Å²) in [4.78, 5) is 0. The SMILES string of the molecule is CCS(=O)(=O)Cc1cc2cc(CN)ccc2n1C. The molecular weight excluding hydrogens is 248 g/mol. The van der Waals surface area contributed by atoms with E-state index in [4.69, 9.17) is 5.73 Å². The average Bonchev–Trinajstić information content (AvgIpc) is 2.65. The number of aryl methyl sites for hydroxylation is 1. The van der Waals surface area contributed by atoms with Gasteiger partial charge in [-0.1, -0.05) is 13.0 Å². The number of benzene rings is 1. The first-order valence-corrected chi connectivity index (χ1v) is 7.76. The smallest absolute Gasteiger partial charge is 0.155 e. The van der Waals surface area contributed by atoms with Gasteiger partial charge in [-0.25, -0.2) is 8.42 Å². The molecule has 1 heterocycles. The molecule has 0 fully saturated rings. The Bertz CT molecular complexity index is 672. The monoisotopic (exact) mass is 266 g/mol. The van der Waals surface area contributed by atoms with Gasteiger partial charge in [0, 0.05) is 35.9 Å². The van der Waals surface area contributed by atoms with Crippen LogP contribution in [0.3, 0.4) is 0 Å². The summed E-state index contributed by atoms with van der Waals surface area (Å²) >= 11 is 0. The summed E-state index contributed by atoms with van der Waals surface area (Å²) in [5, 5.41) is 1.04. The van der Waals surface area contributed by atoms with Crippen molar-refractivity contribution in [1.82, 2.24) is 4.57 Å². The second-order valence-electron chi connectivity index (χ2n) is 4.47. The molecule has 2 N–H and O–H groups in total. The Labute approximate surface area is 107 Å². The molecule has 0 saturated carbocycles. The standard InChI is InChI=1S/C13H18N2O2S/c1-3-18(16,17)9-12-7-11-6-10(8-14)4-5-13(11)15(12)2/h4-7H,3,8-9,14H2,1-2H3. The first-order chi connectivity index (χ1) is 8.46. The lowest BCUT2D eigenvalue weighted by Gasteiger charge is -2.04. The Morgan fingerprint density at radius 2 is 2.00 bits per heavy atom. The van der Waals surface area contributed by atoms with Crippen LogP contribution in [0.25, 0.3) is 10.9 Å². The zero-order chi connectivity index (χ0) is 13.3. The Kier molecular flexibility index (Phi) is 3.45. The summed E-state index contributed by atoms with van der Waals surface area (Å²) in [6.45, 7) is 2.16. The van der Waals surface area contributed by atoms with E-state index >= 15 is 0 Å². The molecule has 0 aliphatic heterocycles. The molecule has 1 aromatic heterocycles. The maximum Gasteiger partial charge on any atom is 0.155 e. The number of aromatic nitrogens is 1. The minimum absolute atomic E-state index is 0.0899. The third-order valence-corrected chi connectivity index (χ3v) is 4.86. The van der Waals surface area contributed by atoms with Crippen molar-refractivity contribution in [2.24, 2.45) is 12.8 Å². The number of fused-ring (bicyclic) bond motifs is 1. The van der Waals surface area contributed by atoms with Crippen molar-refractivity contribution in [3.05, 3.63) is 35.5 Å². The van der Waals surface area contributed by atoms with E-state index in [9.17, 15) is 8.42 Å². The van der Waals surface area contributed by atoms with Crippen LogP contribution in [-0.2, 0) is 29.2 Å². The zero-order valence-corrected chi connectivity index (χ0v) is 11.5. The molecule has 0 unspecified atom stereocenters. The lowest BCUT2D eigenvalue weighted by Crippen LogP contribution is -2.09. The molecule has 0 amide bonds. The largest absolute Gasteiger partial charge is 0.347 e. The molecule has 1 aromatic carbocycles. The van der Waals surface area contributed by atoms with Crippen LogP contribution >= 0.6 is 0 Å². The number of sulfone groups is 1. The first-order valence-electron chi connectivity index (χ1n) is 5.94. The fourth-order valence-electron chi connectivity index (χ4n) is 2.05. The zero-order valence-electron chi connectivity index (χ0n) is 10.7. The third-order valence-electron chi connectivity index (χ3n) is 3.25. The molecule has 0 saturated heterocycles. The molecule has 0 atom stereocenters. The topological polar surface area (TPSA) is 65.1 Å². The van der Waals surface area contributed by atoms with E-state index in [-0.39, 0.29) is 11.5 Å². The lowest BCUT2D eigenvalue weighted by molar-refractivity contribution is 0.595. The minimum Gasteiger partial charge on any atom is -0.347 e. The molecule has 2 rings (SSSR count). The van der Waals surface area contributed by atoms with Gasteiger partial charge in [0.05, 0.1) is 5.75 Å². The Morgan fingerprint density at radius 3 is 2.61 bits per heavy atom. The van der Waals surface area contributed by atoms with Gasteiger partial charge in [-0.2, -0.15) is 0 Å². The van der Waals surface area contributed by atoms with E-state index in [1.165, 1.54) is 0 Å². The fourth-order valence-corrected chi connectivity index (χ4v) is 2.98. The van der Waals surface area contributed by atoms with Crippen LogP contribution in [-0.4, -0.2) is 18.7 Å². The van der Waals surface area contributed by atoms with E-state index < -0.39 is 9.84 Å². The first kappa shape index (κ1) is 13.1. The molecule has 0 aliphatic carbocycles. The molecule has 0 bridgehead atoms. The average molecular weight is 266 g/mol. The fraction of sp³-hybridized carbons (Fsp3) is 0.385. The number of hydrogen-bond donors (Lipinski definition) is 1. The van der Waals surface area contributed by atoms with Gasteiger partial charge in [0.15, 0.2) is 9.84 Å². The van der Waals surface area contributed by atoms with Crippen molar-refractivity contribution < 1.29 is 8.42 Å². The summed E-state index contributed by atoms with van der Waals surface area (Å²) in [5.41, 5.74) is 8.52. The van der Waals surface area contributed by atoms with Crippen molar-refractivity contribution in [2.75, 3.05) is 5.75 Å². The van der Waals surface area contributed by atoms with Gasteiger partial charge < -0.3 is 10.3 Å². The molecule has 0 radical (unpaired) electrons. The molecule has 4 nitrogen and oxygen atoms in total. The highest BCUT2D eigenvalue weighted by molar-refractivity contribution is 7.90. The van der Waals surface area contributed by atoms with Crippen molar-refractivity contribution in [2.45, 2.75) is 19.2 Å². The molecule has 5 heteroatoms. The maximum absolute atomic E-state index is 11.7. The summed E-state index contributed by atoms with van der Waals surface area (Å²) in [7, 11) is -1.11. The van der Waals surface area contributed by atoms with Crippen LogP contribution in [0.5, 0.6) is 0 Å². The second-order valence-corrected chi connectivity index (χ2v) is 6.82. The molecule has 18 heavy (non-hydrogen) atoms. The van der Waals surface area contributed by atoms with Crippen LogP contribution in [0.15, 0.2) is 24.3 Å². The van der Waals surface area contributed by atoms with E-state index in [2.05, 4.69) is 0 Å². The molecule has 0 aliphatic rings. The van der Waals surface area contributed by atoms with Crippen LogP contribution < -0.4 is 5.73 Å². The van der Waals surface area contributed by atoms with Crippen molar-refractivity contribution in [3.63, 3.8) is 0 Å². The Morgan fingerprint density at radius 1 is 1.28 bits per heavy atom. The number of nitrogens with two attached hydrogens (primary N) is 1. The van der Waals surface area contributed by atoms with Crippen LogP contribution in [0, 0.1) is 0 Å². The van der Waals surface area contributed by atoms with Crippen molar-refractivity contribution in [1.29, 1.82) is 0 Å². The van der Waals surface area contributed by atoms with Gasteiger partial charge in [0.1, 0.15) is 0 Å². The maximum atomic E-state index is 11.7. The second kappa shape index (κ2) is 4.74. The normalized spacial score (nSPS) is 12.2. The Hall–Kier alpha value is -1.33. The number of rotatable bonds is 4. The van der Waals surface area contributed by atoms with E-state index in [0.717, 1.165) is 22.2 Å². The van der Waals surface area contributed by atoms with Gasteiger partial charge in [0.2, 0.25) is 0 Å². The van der Waals surface area contributed by atoms with E-state index in [0.29, 0.717) is 6.54 Å². The molecule has 0 spiro atoms. The summed E-state index contributed by atoms with van der Waals surface area (Å²) < 4.78 is 25.3. The minimum atomic E-state index is -3.00. The molecule has 2 aromatic rings. The quantitative estimate of drug-likeness (QED) is 0.913. The van der Waals surface area contributed by atoms with Gasteiger partial charge in [-0.15, -0.1) is 0 Å². The highest BCUT2D eigenvalue weighted by Crippen LogP contribution is 2.21. The van der Waals surface area contributed by atoms with Gasteiger partial charge >= 0.3 is 0 Å². The summed E-state index contributed by atoms with van der Waals surface area (Å²) in [6.07, 6.45) is 0. The van der Waals surface area contributed by atoms with E-state index in [1.807, 2.05) is 35.9 Å². The van der Waals surface area contributed by atoms with Gasteiger partial charge in [0.25, 0.3) is 0 Å². The molecular formula is C13H18N2O2S. The highest BCUT2D eigenvalue weighted by atomic mass is 32.2. The molecule has 98 valence electrons. The van der Waals surface area contributed by atoms with Crippen molar-refractivity contribution in [3.8, 4) is 0 Å². The van der Waals surface area contributed by atoms with Crippen LogP contribution in [0.1, 0.15) is 18.2 Å². The highest BCUT2D eigenvalue weighted by Gasteiger charge is 2.13. The summed E-state index contributed by atoms with van der Waals surface area (Å²) in [6, 6.07) is 7.90. The predicted octanol–water partition coefficient (Wildman–Crippen LogP) is 1.57. The Balaban J connectivity index is 2.50. The van der Waals surface area contributed by atoms with Crippen molar-refractivity contribution >= 4 is 20.7 Å². The number of hydrogen-bond acceptors (Lipinski definition) is 3. The summed E-state index contributed by atoms with van der Waals surface area (Å²) in [5.74, 6) is 0.259. The van der Waals surface area contributed by atoms with Gasteiger partial charge in [-0.05, 0) is 23.8 Å². The third kappa shape index (κ3) is 2.42. The van der Waals surface area contributed by atoms with Gasteiger partial charge in [-0.3, -0.25) is 0 Å². The van der Waals surface area contributed by atoms with Crippen LogP contribution in [0.2, 0.25) is 0 Å². The number of nitrogens with zero attached hydrogens (tertiary/aromatic N) is 1.